The van der Waals surface area contributed by atoms with Gasteiger partial charge in [-0.25, -0.2) is 4.79 Å². The van der Waals surface area contributed by atoms with E-state index in [-0.39, 0.29) is 5.63 Å². The zero-order valence-corrected chi connectivity index (χ0v) is 16.2. The minimum atomic E-state index is -0.326. The van der Waals surface area contributed by atoms with Crippen LogP contribution >= 0.6 is 11.8 Å². The van der Waals surface area contributed by atoms with Crippen molar-refractivity contribution in [2.45, 2.75) is 31.7 Å². The Kier molecular flexibility index (Phi) is 4.58. The summed E-state index contributed by atoms with van der Waals surface area (Å²) >= 11 is 1.56. The van der Waals surface area contributed by atoms with E-state index >= 15 is 0 Å². The van der Waals surface area contributed by atoms with Crippen LogP contribution in [-0.2, 0) is 5.75 Å². The summed E-state index contributed by atoms with van der Waals surface area (Å²) in [5.74, 6) is 1.43. The van der Waals surface area contributed by atoms with Crippen LogP contribution in [0.15, 0.2) is 62.9 Å². The van der Waals surface area contributed by atoms with Gasteiger partial charge in [-0.1, -0.05) is 42.1 Å². The molecule has 136 valence electrons. The summed E-state index contributed by atoms with van der Waals surface area (Å²) in [6.45, 7) is 5.93. The molecular weight excluding hydrogens is 358 g/mol. The quantitative estimate of drug-likeness (QED) is 0.384. The second-order valence-corrected chi connectivity index (χ2v) is 7.41. The summed E-state index contributed by atoms with van der Waals surface area (Å²) in [6, 6.07) is 15.7. The van der Waals surface area contributed by atoms with Gasteiger partial charge in [0.05, 0.1) is 0 Å². The molecule has 2 heterocycles. The maximum Gasteiger partial charge on any atom is 0.336 e. The molecule has 0 saturated heterocycles. The van der Waals surface area contributed by atoms with Gasteiger partial charge >= 0.3 is 5.63 Å². The molecule has 27 heavy (non-hydrogen) atoms. The van der Waals surface area contributed by atoms with Crippen LogP contribution < -0.4 is 5.63 Å². The fourth-order valence-corrected chi connectivity index (χ4v) is 4.09. The number of thioether (sulfide) groups is 1. The number of fused-ring (bicyclic) bond motifs is 1. The van der Waals surface area contributed by atoms with Gasteiger partial charge in [-0.3, -0.25) is 4.57 Å². The second kappa shape index (κ2) is 7.04. The Hall–Kier alpha value is -2.86. The molecule has 0 spiro atoms. The van der Waals surface area contributed by atoms with Crippen LogP contribution in [0.5, 0.6) is 0 Å². The molecule has 0 amide bonds. The van der Waals surface area contributed by atoms with Crippen molar-refractivity contribution < 1.29 is 4.42 Å². The molecule has 6 heteroatoms. The number of hydrogen-bond donors (Lipinski definition) is 0. The average Bonchev–Trinajstić information content (AvgIpc) is 3.04. The summed E-state index contributed by atoms with van der Waals surface area (Å²) in [4.78, 5) is 12.1. The first kappa shape index (κ1) is 17.5. The van der Waals surface area contributed by atoms with Crippen molar-refractivity contribution in [1.82, 2.24) is 14.8 Å². The monoisotopic (exact) mass is 377 g/mol. The summed E-state index contributed by atoms with van der Waals surface area (Å²) in [5.41, 5.74) is 4.40. The van der Waals surface area contributed by atoms with Gasteiger partial charge in [0.25, 0.3) is 0 Å². The van der Waals surface area contributed by atoms with E-state index in [1.54, 1.807) is 17.8 Å². The predicted molar refractivity (Wildman–Crippen MR) is 108 cm³/mol. The van der Waals surface area contributed by atoms with Gasteiger partial charge in [0, 0.05) is 22.9 Å². The first-order chi connectivity index (χ1) is 13.0. The molecule has 0 N–H and O–H groups in total. The SMILES string of the molecule is Cc1ccc2c(CSc3nnc(C)n3-c3ccccc3)cc(=O)oc2c1C. The van der Waals surface area contributed by atoms with Gasteiger partial charge in [-0.2, -0.15) is 0 Å². The summed E-state index contributed by atoms with van der Waals surface area (Å²) < 4.78 is 7.49. The van der Waals surface area contributed by atoms with E-state index in [0.717, 1.165) is 38.7 Å². The fraction of sp³-hybridized carbons (Fsp3) is 0.190. The van der Waals surface area contributed by atoms with Crippen molar-refractivity contribution in [3.8, 4) is 5.69 Å². The largest absolute Gasteiger partial charge is 0.422 e. The van der Waals surface area contributed by atoms with Crippen LogP contribution in [0.1, 0.15) is 22.5 Å². The Morgan fingerprint density at radius 1 is 1.04 bits per heavy atom. The molecule has 0 radical (unpaired) electrons. The lowest BCUT2D eigenvalue weighted by Gasteiger charge is -2.10. The Bertz CT molecular complexity index is 1180. The number of hydrogen-bond acceptors (Lipinski definition) is 5. The van der Waals surface area contributed by atoms with Crippen molar-refractivity contribution in [2.24, 2.45) is 0 Å². The van der Waals surface area contributed by atoms with Gasteiger partial charge in [0.15, 0.2) is 5.16 Å². The van der Waals surface area contributed by atoms with Gasteiger partial charge in [0.1, 0.15) is 11.4 Å². The van der Waals surface area contributed by atoms with Gasteiger partial charge in [0.2, 0.25) is 0 Å². The van der Waals surface area contributed by atoms with Gasteiger partial charge in [-0.05, 0) is 49.6 Å². The van der Waals surface area contributed by atoms with Crippen LogP contribution in [0.3, 0.4) is 0 Å². The van der Waals surface area contributed by atoms with E-state index in [4.69, 9.17) is 4.42 Å². The number of rotatable bonds is 4. The molecule has 0 aliphatic carbocycles. The minimum absolute atomic E-state index is 0.326. The van der Waals surface area contributed by atoms with Gasteiger partial charge < -0.3 is 4.42 Å². The van der Waals surface area contributed by atoms with Crippen LogP contribution in [0.2, 0.25) is 0 Å². The highest BCUT2D eigenvalue weighted by Crippen LogP contribution is 2.29. The third-order valence-corrected chi connectivity index (χ3v) is 5.66. The third kappa shape index (κ3) is 3.28. The normalized spacial score (nSPS) is 11.2. The lowest BCUT2D eigenvalue weighted by Crippen LogP contribution is -2.02. The highest BCUT2D eigenvalue weighted by atomic mass is 32.2. The van der Waals surface area contributed by atoms with E-state index in [2.05, 4.69) is 16.3 Å². The van der Waals surface area contributed by atoms with Crippen molar-refractivity contribution in [3.05, 3.63) is 81.5 Å². The van der Waals surface area contributed by atoms with Crippen molar-refractivity contribution in [3.63, 3.8) is 0 Å². The lowest BCUT2D eigenvalue weighted by molar-refractivity contribution is 0.557. The minimum Gasteiger partial charge on any atom is -0.422 e. The lowest BCUT2D eigenvalue weighted by atomic mass is 10.0. The highest BCUT2D eigenvalue weighted by Gasteiger charge is 2.14. The number of benzene rings is 2. The van der Waals surface area contributed by atoms with E-state index in [1.807, 2.05) is 61.7 Å². The molecule has 0 aliphatic rings. The topological polar surface area (TPSA) is 60.9 Å². The van der Waals surface area contributed by atoms with E-state index in [0.29, 0.717) is 11.3 Å². The zero-order valence-electron chi connectivity index (χ0n) is 15.4. The van der Waals surface area contributed by atoms with E-state index in [1.165, 1.54) is 0 Å². The smallest absolute Gasteiger partial charge is 0.336 e. The molecule has 2 aromatic carbocycles. The molecule has 0 unspecified atom stereocenters. The van der Waals surface area contributed by atoms with E-state index in [9.17, 15) is 4.79 Å². The first-order valence-electron chi connectivity index (χ1n) is 8.68. The fourth-order valence-electron chi connectivity index (χ4n) is 3.10. The van der Waals surface area contributed by atoms with Crippen LogP contribution in [0.25, 0.3) is 16.7 Å². The van der Waals surface area contributed by atoms with E-state index < -0.39 is 0 Å². The molecule has 0 aliphatic heterocycles. The number of nitrogens with zero attached hydrogens (tertiary/aromatic N) is 3. The summed E-state index contributed by atoms with van der Waals surface area (Å²) in [7, 11) is 0. The number of aromatic nitrogens is 3. The molecule has 5 nitrogen and oxygen atoms in total. The van der Waals surface area contributed by atoms with Crippen LogP contribution in [0, 0.1) is 20.8 Å². The first-order valence-corrected chi connectivity index (χ1v) is 9.66. The van der Waals surface area contributed by atoms with Crippen molar-refractivity contribution in [2.75, 3.05) is 0 Å². The Balaban J connectivity index is 1.72. The maximum absolute atomic E-state index is 12.1. The van der Waals surface area contributed by atoms with Gasteiger partial charge in [-0.15, -0.1) is 10.2 Å². The maximum atomic E-state index is 12.1. The highest BCUT2D eigenvalue weighted by molar-refractivity contribution is 7.98. The van der Waals surface area contributed by atoms with Crippen LogP contribution in [-0.4, -0.2) is 14.8 Å². The van der Waals surface area contributed by atoms with Crippen molar-refractivity contribution in [1.29, 1.82) is 0 Å². The molecule has 0 atom stereocenters. The number of para-hydroxylation sites is 1. The molecular formula is C21H19N3O2S. The Morgan fingerprint density at radius 2 is 1.81 bits per heavy atom. The second-order valence-electron chi connectivity index (χ2n) is 6.46. The number of aryl methyl sites for hydroxylation is 3. The van der Waals surface area contributed by atoms with Crippen LogP contribution in [0.4, 0.5) is 0 Å². The molecule has 4 rings (SSSR count). The molecule has 0 fully saturated rings. The molecule has 0 saturated carbocycles. The zero-order chi connectivity index (χ0) is 19.0. The molecule has 0 bridgehead atoms. The van der Waals surface area contributed by atoms with Crippen molar-refractivity contribution >= 4 is 22.7 Å². The Morgan fingerprint density at radius 3 is 2.59 bits per heavy atom. The third-order valence-electron chi connectivity index (χ3n) is 4.68. The Labute approximate surface area is 161 Å². The average molecular weight is 377 g/mol. The standard InChI is InChI=1S/C21H19N3O2S/c1-13-9-10-18-16(11-19(25)26-20(18)14(13)2)12-27-21-23-22-15(3)24(21)17-7-5-4-6-8-17/h4-11H,12H2,1-3H3. The predicted octanol–water partition coefficient (Wildman–Crippen LogP) is 4.59. The molecule has 2 aromatic heterocycles. The summed E-state index contributed by atoms with van der Waals surface area (Å²) in [5, 5.41) is 10.3. The summed E-state index contributed by atoms with van der Waals surface area (Å²) in [6.07, 6.45) is 0. The molecule has 4 aromatic rings.